The molecule has 3 heteroatoms. The molecule has 0 aliphatic rings. The fraction of sp³-hybridized carbons (Fsp3) is 0.267. The highest BCUT2D eigenvalue weighted by atomic mass is 16.5. The highest BCUT2D eigenvalue weighted by molar-refractivity contribution is 5.35. The highest BCUT2D eigenvalue weighted by Gasteiger charge is 2.09. The number of ether oxygens (including phenoxy) is 1. The maximum absolute atomic E-state index is 6.22. The van der Waals surface area contributed by atoms with Crippen molar-refractivity contribution in [2.45, 2.75) is 19.4 Å². The van der Waals surface area contributed by atoms with Crippen molar-refractivity contribution in [1.29, 1.82) is 0 Å². The Labute approximate surface area is 108 Å². The second-order valence-electron chi connectivity index (χ2n) is 4.18. The zero-order valence-corrected chi connectivity index (χ0v) is 10.5. The predicted octanol–water partition coefficient (Wildman–Crippen LogP) is 2.92. The van der Waals surface area contributed by atoms with Gasteiger partial charge >= 0.3 is 0 Å². The van der Waals surface area contributed by atoms with Crippen LogP contribution in [0.15, 0.2) is 48.8 Å². The maximum atomic E-state index is 6.22. The number of hydrogen-bond donors (Lipinski definition) is 1. The molecule has 1 unspecified atom stereocenters. The molecule has 0 aliphatic heterocycles. The molecule has 94 valence electrons. The fourth-order valence-corrected chi connectivity index (χ4v) is 1.77. The summed E-state index contributed by atoms with van der Waals surface area (Å²) in [4.78, 5) is 4.09. The molecule has 2 rings (SSSR count). The molecule has 0 aliphatic carbocycles. The van der Waals surface area contributed by atoms with Crippen LogP contribution in [0.25, 0.3) is 0 Å². The summed E-state index contributed by atoms with van der Waals surface area (Å²) in [7, 11) is 0. The number of nitrogens with two attached hydrogens (primary N) is 1. The molecular formula is C15H18N2O. The van der Waals surface area contributed by atoms with Crippen LogP contribution in [0, 0.1) is 0 Å². The van der Waals surface area contributed by atoms with Gasteiger partial charge in [-0.2, -0.15) is 0 Å². The minimum absolute atomic E-state index is 0.163. The van der Waals surface area contributed by atoms with Crippen LogP contribution in [-0.4, -0.2) is 11.6 Å². The van der Waals surface area contributed by atoms with E-state index in [1.807, 2.05) is 36.4 Å². The second kappa shape index (κ2) is 6.17. The fourth-order valence-electron chi connectivity index (χ4n) is 1.77. The average molecular weight is 242 g/mol. The van der Waals surface area contributed by atoms with Crippen molar-refractivity contribution in [1.82, 2.24) is 4.98 Å². The molecule has 18 heavy (non-hydrogen) atoms. The van der Waals surface area contributed by atoms with Gasteiger partial charge in [0.25, 0.3) is 0 Å². The van der Waals surface area contributed by atoms with E-state index < -0.39 is 0 Å². The predicted molar refractivity (Wildman–Crippen MR) is 72.5 cm³/mol. The average Bonchev–Trinajstić information content (AvgIpc) is 2.45. The van der Waals surface area contributed by atoms with E-state index >= 15 is 0 Å². The monoisotopic (exact) mass is 242 g/mol. The van der Waals surface area contributed by atoms with Gasteiger partial charge in [-0.15, -0.1) is 0 Å². The van der Waals surface area contributed by atoms with Gasteiger partial charge < -0.3 is 10.5 Å². The summed E-state index contributed by atoms with van der Waals surface area (Å²) in [5.74, 6) is 0.869. The lowest BCUT2D eigenvalue weighted by Gasteiger charge is -2.13. The summed E-state index contributed by atoms with van der Waals surface area (Å²) in [5.41, 5.74) is 8.26. The standard InChI is InChI=1S/C15H18N2O/c1-2-9-18-14-7-3-5-12(10-14)15(16)13-6-4-8-17-11-13/h3-8,10-11,15H,2,9,16H2,1H3. The Morgan fingerprint density at radius 2 is 2.06 bits per heavy atom. The molecule has 1 aromatic carbocycles. The summed E-state index contributed by atoms with van der Waals surface area (Å²) >= 11 is 0. The van der Waals surface area contributed by atoms with Gasteiger partial charge in [-0.1, -0.05) is 25.1 Å². The number of pyridine rings is 1. The molecule has 2 aromatic rings. The smallest absolute Gasteiger partial charge is 0.119 e. The van der Waals surface area contributed by atoms with Crippen molar-refractivity contribution < 1.29 is 4.74 Å². The third-order valence-corrected chi connectivity index (χ3v) is 2.73. The SMILES string of the molecule is CCCOc1cccc(C(N)c2cccnc2)c1. The molecule has 2 N–H and O–H groups in total. The van der Waals surface area contributed by atoms with Gasteiger partial charge in [0.15, 0.2) is 0 Å². The van der Waals surface area contributed by atoms with Crippen molar-refractivity contribution in [3.8, 4) is 5.75 Å². The molecule has 0 radical (unpaired) electrons. The Balaban J connectivity index is 2.17. The molecule has 0 bridgehead atoms. The van der Waals surface area contributed by atoms with E-state index in [1.54, 1.807) is 12.4 Å². The lowest BCUT2D eigenvalue weighted by atomic mass is 10.0. The van der Waals surface area contributed by atoms with Crippen molar-refractivity contribution in [2.24, 2.45) is 5.73 Å². The van der Waals surface area contributed by atoms with Crippen molar-refractivity contribution in [2.75, 3.05) is 6.61 Å². The van der Waals surface area contributed by atoms with Crippen LogP contribution < -0.4 is 10.5 Å². The molecule has 1 heterocycles. The minimum atomic E-state index is -0.163. The van der Waals surface area contributed by atoms with Crippen LogP contribution in [0.1, 0.15) is 30.5 Å². The van der Waals surface area contributed by atoms with Gasteiger partial charge in [0.1, 0.15) is 5.75 Å². The summed E-state index contributed by atoms with van der Waals surface area (Å²) in [6, 6.07) is 11.6. The number of hydrogen-bond acceptors (Lipinski definition) is 3. The third kappa shape index (κ3) is 3.08. The third-order valence-electron chi connectivity index (χ3n) is 2.73. The lowest BCUT2D eigenvalue weighted by Crippen LogP contribution is -2.12. The van der Waals surface area contributed by atoms with Crippen molar-refractivity contribution in [3.05, 3.63) is 59.9 Å². The Hall–Kier alpha value is -1.87. The Morgan fingerprint density at radius 1 is 1.22 bits per heavy atom. The zero-order valence-electron chi connectivity index (χ0n) is 10.5. The highest BCUT2D eigenvalue weighted by Crippen LogP contribution is 2.22. The van der Waals surface area contributed by atoms with Crippen molar-refractivity contribution >= 4 is 0 Å². The van der Waals surface area contributed by atoms with E-state index in [9.17, 15) is 0 Å². The van der Waals surface area contributed by atoms with Gasteiger partial charge in [-0.25, -0.2) is 0 Å². The van der Waals surface area contributed by atoms with Gasteiger partial charge in [0, 0.05) is 12.4 Å². The van der Waals surface area contributed by atoms with Crippen molar-refractivity contribution in [3.63, 3.8) is 0 Å². The van der Waals surface area contributed by atoms with Crippen LogP contribution in [-0.2, 0) is 0 Å². The van der Waals surface area contributed by atoms with Crippen LogP contribution in [0.5, 0.6) is 5.75 Å². The summed E-state index contributed by atoms with van der Waals surface area (Å²) in [6.45, 7) is 2.82. The normalized spacial score (nSPS) is 12.1. The molecule has 0 spiro atoms. The first kappa shape index (κ1) is 12.6. The van der Waals surface area contributed by atoms with Gasteiger partial charge in [-0.05, 0) is 35.7 Å². The number of rotatable bonds is 5. The van der Waals surface area contributed by atoms with Gasteiger partial charge in [-0.3, -0.25) is 4.98 Å². The largest absolute Gasteiger partial charge is 0.494 e. The molecule has 1 aromatic heterocycles. The van der Waals surface area contributed by atoms with E-state index in [2.05, 4.69) is 11.9 Å². The maximum Gasteiger partial charge on any atom is 0.119 e. The molecule has 1 atom stereocenters. The van der Waals surface area contributed by atoms with Gasteiger partial charge in [0.05, 0.1) is 12.6 Å². The van der Waals surface area contributed by atoms with E-state index in [4.69, 9.17) is 10.5 Å². The lowest BCUT2D eigenvalue weighted by molar-refractivity contribution is 0.317. The Morgan fingerprint density at radius 3 is 2.78 bits per heavy atom. The molecule has 0 fully saturated rings. The van der Waals surface area contributed by atoms with E-state index in [0.29, 0.717) is 0 Å². The zero-order chi connectivity index (χ0) is 12.8. The molecule has 0 amide bonds. The van der Waals surface area contributed by atoms with Crippen LogP contribution in [0.4, 0.5) is 0 Å². The van der Waals surface area contributed by atoms with Crippen LogP contribution in [0.3, 0.4) is 0 Å². The number of benzene rings is 1. The van der Waals surface area contributed by atoms with E-state index in [-0.39, 0.29) is 6.04 Å². The Kier molecular flexibility index (Phi) is 4.31. The topological polar surface area (TPSA) is 48.1 Å². The first-order valence-corrected chi connectivity index (χ1v) is 6.19. The van der Waals surface area contributed by atoms with E-state index in [1.165, 1.54) is 0 Å². The van der Waals surface area contributed by atoms with Crippen LogP contribution >= 0.6 is 0 Å². The Bertz CT molecular complexity index is 485. The molecular weight excluding hydrogens is 224 g/mol. The molecule has 0 saturated carbocycles. The first-order valence-electron chi connectivity index (χ1n) is 6.19. The second-order valence-corrected chi connectivity index (χ2v) is 4.18. The quantitative estimate of drug-likeness (QED) is 0.877. The number of nitrogens with zero attached hydrogens (tertiary/aromatic N) is 1. The molecule has 3 nitrogen and oxygen atoms in total. The molecule has 0 saturated heterocycles. The van der Waals surface area contributed by atoms with Gasteiger partial charge in [0.2, 0.25) is 0 Å². The summed E-state index contributed by atoms with van der Waals surface area (Å²) < 4.78 is 5.61. The van der Waals surface area contributed by atoms with Crippen LogP contribution in [0.2, 0.25) is 0 Å². The minimum Gasteiger partial charge on any atom is -0.494 e. The number of aromatic nitrogens is 1. The van der Waals surface area contributed by atoms with E-state index in [0.717, 1.165) is 29.9 Å². The summed E-state index contributed by atoms with van der Waals surface area (Å²) in [5, 5.41) is 0. The first-order chi connectivity index (χ1) is 8.81. The summed E-state index contributed by atoms with van der Waals surface area (Å²) in [6.07, 6.45) is 4.54.